The summed E-state index contributed by atoms with van der Waals surface area (Å²) in [4.78, 5) is 17.7. The van der Waals surface area contributed by atoms with Crippen LogP contribution >= 0.6 is 0 Å². The molecule has 0 saturated carbocycles. The summed E-state index contributed by atoms with van der Waals surface area (Å²) in [6.45, 7) is 14.4. The van der Waals surface area contributed by atoms with Gasteiger partial charge in [-0.15, -0.1) is 6.58 Å². The van der Waals surface area contributed by atoms with Gasteiger partial charge in [-0.05, 0) is 64.3 Å². The Labute approximate surface area is 252 Å². The molecule has 0 radical (unpaired) electrons. The van der Waals surface area contributed by atoms with Gasteiger partial charge >= 0.3 is 0 Å². The first-order chi connectivity index (χ1) is 19.6. The van der Waals surface area contributed by atoms with Crippen LogP contribution in [-0.2, 0) is 4.79 Å². The van der Waals surface area contributed by atoms with E-state index in [0.717, 1.165) is 45.1 Å². The Hall–Kier alpha value is -0.630. The number of unbranched alkanes of at least 4 members (excludes halogenated alkanes) is 15. The molecule has 0 amide bonds. The van der Waals surface area contributed by atoms with Crippen LogP contribution < -0.4 is 0 Å². The molecule has 0 bridgehead atoms. The van der Waals surface area contributed by atoms with Crippen LogP contribution in [-0.4, -0.2) is 28.8 Å². The lowest BCUT2D eigenvalue weighted by Crippen LogP contribution is -2.56. The van der Waals surface area contributed by atoms with Crippen molar-refractivity contribution in [3.05, 3.63) is 12.7 Å². The number of allylic oxidation sites excluding steroid dienone is 1. The molecule has 0 spiro atoms. The second-order valence-electron chi connectivity index (χ2n) is 13.3. The van der Waals surface area contributed by atoms with Crippen LogP contribution in [0.1, 0.15) is 201 Å². The highest BCUT2D eigenvalue weighted by molar-refractivity contribution is 5.91. The Balaban J connectivity index is 3.16. The zero-order chi connectivity index (χ0) is 29.3. The average molecular weight is 560 g/mol. The van der Waals surface area contributed by atoms with E-state index in [1.165, 1.54) is 135 Å². The van der Waals surface area contributed by atoms with Gasteiger partial charge in [0.2, 0.25) is 0 Å². The van der Waals surface area contributed by atoms with E-state index in [2.05, 4.69) is 45.2 Å². The second kappa shape index (κ2) is 24.9. The van der Waals surface area contributed by atoms with Crippen molar-refractivity contribution >= 4 is 5.78 Å². The van der Waals surface area contributed by atoms with Crippen molar-refractivity contribution in [2.45, 2.75) is 213 Å². The first-order valence-electron chi connectivity index (χ1n) is 18.5. The summed E-state index contributed by atoms with van der Waals surface area (Å²) in [5.74, 6) is 0.928. The zero-order valence-electron chi connectivity index (χ0n) is 28.1. The van der Waals surface area contributed by atoms with Crippen LogP contribution in [0.2, 0.25) is 0 Å². The van der Waals surface area contributed by atoms with Crippen molar-refractivity contribution in [2.24, 2.45) is 5.92 Å². The predicted molar refractivity (Wildman–Crippen MR) is 179 cm³/mol. The van der Waals surface area contributed by atoms with Gasteiger partial charge in [0, 0.05) is 12.0 Å². The molecule has 1 aliphatic rings. The number of ketones is 1. The van der Waals surface area contributed by atoms with E-state index in [1.807, 2.05) is 0 Å². The molecule has 1 rings (SSSR count). The third-order valence-corrected chi connectivity index (χ3v) is 9.90. The molecule has 2 nitrogen and oxygen atoms in total. The molecule has 0 aromatic rings. The zero-order valence-corrected chi connectivity index (χ0v) is 28.1. The number of hydrogen-bond acceptors (Lipinski definition) is 2. The molecule has 236 valence electrons. The van der Waals surface area contributed by atoms with Crippen LogP contribution in [0.15, 0.2) is 12.7 Å². The molecule has 1 saturated heterocycles. The molecule has 1 fully saturated rings. The fourth-order valence-electron chi connectivity index (χ4n) is 7.47. The number of likely N-dealkylation sites (tertiary alicyclic amines) is 1. The summed E-state index contributed by atoms with van der Waals surface area (Å²) >= 11 is 0. The lowest BCUT2D eigenvalue weighted by molar-refractivity contribution is -0.137. The number of carbonyl (C=O) groups is 1. The maximum absolute atomic E-state index is 14.9. The normalized spacial score (nSPS) is 17.9. The quantitative estimate of drug-likeness (QED) is 0.0671. The Morgan fingerprint density at radius 2 is 1.12 bits per heavy atom. The van der Waals surface area contributed by atoms with E-state index >= 15 is 0 Å². The molecule has 0 aliphatic carbocycles. The summed E-state index contributed by atoms with van der Waals surface area (Å²) in [6.07, 6.45) is 36.2. The SMILES string of the molecule is C=CCCC[C@@]1(C(=O)C(CCCCCC)CCCCCC)CCCN1C(CCCCCCC)CCCCCCC. The van der Waals surface area contributed by atoms with Gasteiger partial charge in [-0.2, -0.15) is 0 Å². The summed E-state index contributed by atoms with van der Waals surface area (Å²) in [6, 6.07) is 0.597. The molecule has 40 heavy (non-hydrogen) atoms. The molecule has 1 aliphatic heterocycles. The number of nitrogens with zero attached hydrogens (tertiary/aromatic N) is 1. The summed E-state index contributed by atoms with van der Waals surface area (Å²) in [7, 11) is 0. The Kier molecular flexibility index (Phi) is 23.3. The molecule has 1 atom stereocenters. The van der Waals surface area contributed by atoms with Crippen LogP contribution in [0, 0.1) is 5.92 Å². The summed E-state index contributed by atoms with van der Waals surface area (Å²) < 4.78 is 0. The van der Waals surface area contributed by atoms with Gasteiger partial charge < -0.3 is 0 Å². The van der Waals surface area contributed by atoms with Gasteiger partial charge in [0.25, 0.3) is 0 Å². The number of carbonyl (C=O) groups excluding carboxylic acids is 1. The molecule has 0 aromatic heterocycles. The topological polar surface area (TPSA) is 20.3 Å². The molecule has 0 N–H and O–H groups in total. The minimum absolute atomic E-state index is 0.208. The number of hydrogen-bond donors (Lipinski definition) is 0. The van der Waals surface area contributed by atoms with E-state index in [0.29, 0.717) is 11.8 Å². The van der Waals surface area contributed by atoms with Gasteiger partial charge in [-0.1, -0.05) is 149 Å². The average Bonchev–Trinajstić information content (AvgIpc) is 3.39. The van der Waals surface area contributed by atoms with Gasteiger partial charge in [-0.3, -0.25) is 9.69 Å². The lowest BCUT2D eigenvalue weighted by Gasteiger charge is -2.44. The van der Waals surface area contributed by atoms with E-state index in [4.69, 9.17) is 0 Å². The molecule has 0 aromatic carbocycles. The van der Waals surface area contributed by atoms with E-state index in [-0.39, 0.29) is 11.5 Å². The Bertz CT molecular complexity index is 574. The van der Waals surface area contributed by atoms with Crippen LogP contribution in [0.25, 0.3) is 0 Å². The third-order valence-electron chi connectivity index (χ3n) is 9.90. The first kappa shape index (κ1) is 37.4. The minimum atomic E-state index is -0.208. The van der Waals surface area contributed by atoms with E-state index < -0.39 is 0 Å². The highest BCUT2D eigenvalue weighted by Crippen LogP contribution is 2.42. The summed E-state index contributed by atoms with van der Waals surface area (Å²) in [5, 5.41) is 0. The van der Waals surface area contributed by atoms with E-state index in [9.17, 15) is 4.79 Å². The highest BCUT2D eigenvalue weighted by Gasteiger charge is 2.50. The van der Waals surface area contributed by atoms with Gasteiger partial charge in [0.05, 0.1) is 5.54 Å². The van der Waals surface area contributed by atoms with Crippen LogP contribution in [0.4, 0.5) is 0 Å². The minimum Gasteiger partial charge on any atom is -0.297 e. The smallest absolute Gasteiger partial charge is 0.156 e. The standard InChI is InChI=1S/C38H73NO/c1-6-11-16-20-24-30-36(31-25-21-17-12-7-2)39-34-27-33-38(39,32-26-15-10-5)37(40)35(28-22-18-13-8-3)29-23-19-14-9-4/h10,35-36H,5-9,11-34H2,1-4H3/t38-/m0/s1. The Morgan fingerprint density at radius 1 is 0.675 bits per heavy atom. The maximum atomic E-state index is 14.9. The first-order valence-corrected chi connectivity index (χ1v) is 18.5. The van der Waals surface area contributed by atoms with Crippen LogP contribution in [0.3, 0.4) is 0 Å². The third kappa shape index (κ3) is 14.5. The monoisotopic (exact) mass is 560 g/mol. The molecular formula is C38H73NO. The van der Waals surface area contributed by atoms with Crippen LogP contribution in [0.5, 0.6) is 0 Å². The van der Waals surface area contributed by atoms with Crippen molar-refractivity contribution in [2.75, 3.05) is 6.54 Å². The van der Waals surface area contributed by atoms with E-state index in [1.54, 1.807) is 0 Å². The van der Waals surface area contributed by atoms with Crippen molar-refractivity contribution in [3.8, 4) is 0 Å². The molecule has 0 unspecified atom stereocenters. The molecule has 2 heteroatoms. The van der Waals surface area contributed by atoms with Crippen molar-refractivity contribution in [1.82, 2.24) is 4.90 Å². The number of rotatable bonds is 29. The predicted octanol–water partition coefficient (Wildman–Crippen LogP) is 12.4. The molecular weight excluding hydrogens is 486 g/mol. The van der Waals surface area contributed by atoms with Gasteiger partial charge in [0.15, 0.2) is 5.78 Å². The Morgan fingerprint density at radius 3 is 1.60 bits per heavy atom. The fourth-order valence-corrected chi connectivity index (χ4v) is 7.47. The van der Waals surface area contributed by atoms with Gasteiger partial charge in [-0.25, -0.2) is 0 Å². The largest absolute Gasteiger partial charge is 0.297 e. The summed E-state index contributed by atoms with van der Waals surface area (Å²) in [5.41, 5.74) is -0.208. The van der Waals surface area contributed by atoms with Crippen molar-refractivity contribution in [3.63, 3.8) is 0 Å². The molecule has 1 heterocycles. The highest BCUT2D eigenvalue weighted by atomic mass is 16.1. The fraction of sp³-hybridized carbons (Fsp3) is 0.921. The maximum Gasteiger partial charge on any atom is 0.156 e. The van der Waals surface area contributed by atoms with Crippen molar-refractivity contribution < 1.29 is 4.79 Å². The van der Waals surface area contributed by atoms with Gasteiger partial charge in [0.1, 0.15) is 0 Å². The lowest BCUT2D eigenvalue weighted by atomic mass is 9.75. The number of Topliss-reactive ketones (excluding diaryl/α,β-unsaturated/α-hetero) is 1. The van der Waals surface area contributed by atoms with Crippen molar-refractivity contribution in [1.29, 1.82) is 0 Å². The second-order valence-corrected chi connectivity index (χ2v) is 13.3.